The van der Waals surface area contributed by atoms with Crippen molar-refractivity contribution >= 4 is 23.2 Å². The minimum absolute atomic E-state index is 0.0681. The zero-order chi connectivity index (χ0) is 16.2. The van der Waals surface area contributed by atoms with Crippen LogP contribution in [-0.4, -0.2) is 22.5 Å². The fourth-order valence-electron chi connectivity index (χ4n) is 1.68. The summed E-state index contributed by atoms with van der Waals surface area (Å²) in [5.41, 5.74) is -0.544. The molecule has 0 fully saturated rings. The van der Waals surface area contributed by atoms with Gasteiger partial charge in [0.15, 0.2) is 5.78 Å². The first kappa shape index (κ1) is 17.6. The summed E-state index contributed by atoms with van der Waals surface area (Å²) >= 11 is 1.33. The number of nitrogens with zero attached hydrogens (tertiary/aromatic N) is 1. The van der Waals surface area contributed by atoms with E-state index in [0.29, 0.717) is 11.3 Å². The molecule has 0 saturated heterocycles. The van der Waals surface area contributed by atoms with E-state index in [0.717, 1.165) is 5.01 Å². The molecule has 1 heterocycles. The lowest BCUT2D eigenvalue weighted by molar-refractivity contribution is 0.0489. The lowest BCUT2D eigenvalue weighted by atomic mass is 10.1. The number of thiazole rings is 1. The Morgan fingerprint density at radius 2 is 2.00 bits per heavy atom. The zero-order valence-electron chi connectivity index (χ0n) is 13.5. The highest BCUT2D eigenvalue weighted by Gasteiger charge is 2.25. The second kappa shape index (κ2) is 7.02. The molecule has 0 aliphatic rings. The van der Waals surface area contributed by atoms with E-state index in [1.54, 1.807) is 6.20 Å². The summed E-state index contributed by atoms with van der Waals surface area (Å²) in [5.74, 6) is 0.215. The van der Waals surface area contributed by atoms with Crippen LogP contribution in [-0.2, 0) is 4.74 Å². The van der Waals surface area contributed by atoms with E-state index < -0.39 is 11.7 Å². The predicted octanol–water partition coefficient (Wildman–Crippen LogP) is 3.96. The monoisotopic (exact) mass is 312 g/mol. The number of nitrogens with one attached hydrogen (secondary N) is 1. The lowest BCUT2D eigenvalue weighted by Gasteiger charge is -2.24. The van der Waals surface area contributed by atoms with E-state index in [4.69, 9.17) is 4.74 Å². The fraction of sp³-hybridized carbons (Fsp3) is 0.667. The minimum atomic E-state index is -0.544. The lowest BCUT2D eigenvalue weighted by Crippen LogP contribution is -2.36. The Kier molecular flexibility index (Phi) is 5.89. The number of Topliss-reactive ketones (excluding diaryl/α,β-unsaturated/α-hetero) is 1. The number of hydrogen-bond donors (Lipinski definition) is 1. The summed E-state index contributed by atoms with van der Waals surface area (Å²) in [6.45, 7) is 11.3. The third kappa shape index (κ3) is 5.46. The molecule has 6 heteroatoms. The minimum Gasteiger partial charge on any atom is -0.444 e. The molecule has 0 aliphatic carbocycles. The van der Waals surface area contributed by atoms with Gasteiger partial charge in [-0.05, 0) is 26.7 Å². The molecule has 118 valence electrons. The molecule has 1 aromatic rings. The number of ether oxygens (including phenoxy) is 1. The topological polar surface area (TPSA) is 68.3 Å². The first-order chi connectivity index (χ1) is 9.64. The molecule has 1 aromatic heterocycles. The second-order valence-electron chi connectivity index (χ2n) is 6.21. The molecular formula is C15H24N2O3S. The van der Waals surface area contributed by atoms with Crippen LogP contribution in [0.15, 0.2) is 6.20 Å². The van der Waals surface area contributed by atoms with Crippen molar-refractivity contribution in [2.24, 2.45) is 5.92 Å². The van der Waals surface area contributed by atoms with Crippen LogP contribution in [0.1, 0.15) is 68.7 Å². The van der Waals surface area contributed by atoms with E-state index in [9.17, 15) is 9.59 Å². The van der Waals surface area contributed by atoms with Crippen molar-refractivity contribution in [2.75, 3.05) is 0 Å². The van der Waals surface area contributed by atoms with Gasteiger partial charge in [-0.15, -0.1) is 11.3 Å². The summed E-state index contributed by atoms with van der Waals surface area (Å²) in [6, 6.07) is -0.261. The third-order valence-corrected chi connectivity index (χ3v) is 3.85. The Hall–Kier alpha value is -1.43. The van der Waals surface area contributed by atoms with Crippen LogP contribution in [0.4, 0.5) is 4.79 Å². The number of aromatic nitrogens is 1. The van der Waals surface area contributed by atoms with Crippen molar-refractivity contribution in [3.8, 4) is 0 Å². The molecule has 0 saturated carbocycles. The van der Waals surface area contributed by atoms with Gasteiger partial charge in [0.05, 0.1) is 10.9 Å². The van der Waals surface area contributed by atoms with E-state index in [-0.39, 0.29) is 17.7 Å². The largest absolute Gasteiger partial charge is 0.444 e. The molecule has 0 aliphatic heterocycles. The zero-order valence-corrected chi connectivity index (χ0v) is 14.3. The highest BCUT2D eigenvalue weighted by molar-refractivity contribution is 7.13. The standard InChI is InChI=1S/C15H24N2O3S/c1-7-10(18)11-8-16-13(21-11)12(9(2)3)17-14(19)20-15(4,5)6/h8-9,12H,7H2,1-6H3,(H,17,19)/t12-/m1/s1. The van der Waals surface area contributed by atoms with Crippen LogP contribution in [0.25, 0.3) is 0 Å². The van der Waals surface area contributed by atoms with E-state index in [2.05, 4.69) is 10.3 Å². The Morgan fingerprint density at radius 1 is 1.38 bits per heavy atom. The number of carbonyl (C=O) groups excluding carboxylic acids is 2. The molecule has 0 unspecified atom stereocenters. The van der Waals surface area contributed by atoms with Gasteiger partial charge in [0, 0.05) is 12.6 Å². The van der Waals surface area contributed by atoms with Crippen molar-refractivity contribution in [2.45, 2.75) is 59.6 Å². The van der Waals surface area contributed by atoms with Gasteiger partial charge < -0.3 is 10.1 Å². The van der Waals surface area contributed by atoms with Crippen LogP contribution in [0, 0.1) is 5.92 Å². The molecular weight excluding hydrogens is 288 g/mol. The van der Waals surface area contributed by atoms with Crippen molar-refractivity contribution in [1.82, 2.24) is 10.3 Å². The van der Waals surface area contributed by atoms with Gasteiger partial charge in [0.2, 0.25) is 0 Å². The van der Waals surface area contributed by atoms with Gasteiger partial charge >= 0.3 is 6.09 Å². The van der Waals surface area contributed by atoms with Crippen LogP contribution < -0.4 is 5.32 Å². The van der Waals surface area contributed by atoms with Crippen molar-refractivity contribution in [3.05, 3.63) is 16.1 Å². The molecule has 1 rings (SSSR count). The molecule has 0 radical (unpaired) electrons. The first-order valence-corrected chi connectivity index (χ1v) is 7.94. The number of hydrogen-bond acceptors (Lipinski definition) is 5. The van der Waals surface area contributed by atoms with Gasteiger partial charge in [-0.1, -0.05) is 20.8 Å². The quantitative estimate of drug-likeness (QED) is 0.836. The van der Waals surface area contributed by atoms with Gasteiger partial charge in [-0.2, -0.15) is 0 Å². The number of rotatable bonds is 5. The van der Waals surface area contributed by atoms with Crippen LogP contribution >= 0.6 is 11.3 Å². The van der Waals surface area contributed by atoms with Gasteiger partial charge in [-0.25, -0.2) is 9.78 Å². The smallest absolute Gasteiger partial charge is 0.408 e. The van der Waals surface area contributed by atoms with Crippen molar-refractivity contribution in [1.29, 1.82) is 0 Å². The maximum atomic E-state index is 11.9. The number of alkyl carbamates (subject to hydrolysis) is 1. The molecule has 1 amide bonds. The second-order valence-corrected chi connectivity index (χ2v) is 7.27. The Balaban J connectivity index is 2.85. The van der Waals surface area contributed by atoms with Crippen molar-refractivity contribution < 1.29 is 14.3 Å². The highest BCUT2D eigenvalue weighted by atomic mass is 32.1. The summed E-state index contributed by atoms with van der Waals surface area (Å²) in [7, 11) is 0. The molecule has 21 heavy (non-hydrogen) atoms. The van der Waals surface area contributed by atoms with E-state index >= 15 is 0 Å². The summed E-state index contributed by atoms with van der Waals surface area (Å²) in [6.07, 6.45) is 1.56. The maximum absolute atomic E-state index is 11.9. The average Bonchev–Trinajstić information content (AvgIpc) is 2.81. The van der Waals surface area contributed by atoms with E-state index in [1.807, 2.05) is 41.5 Å². The molecule has 5 nitrogen and oxygen atoms in total. The Bertz CT molecular complexity index is 503. The highest BCUT2D eigenvalue weighted by Crippen LogP contribution is 2.27. The van der Waals surface area contributed by atoms with Crippen LogP contribution in [0.2, 0.25) is 0 Å². The average molecular weight is 312 g/mol. The SMILES string of the molecule is CCC(=O)c1cnc([C@H](NC(=O)OC(C)(C)C)C(C)C)s1. The van der Waals surface area contributed by atoms with Gasteiger partial charge in [0.25, 0.3) is 0 Å². The summed E-state index contributed by atoms with van der Waals surface area (Å²) < 4.78 is 5.28. The predicted molar refractivity (Wildman–Crippen MR) is 83.7 cm³/mol. The molecule has 1 N–H and O–H groups in total. The van der Waals surface area contributed by atoms with Crippen LogP contribution in [0.5, 0.6) is 0 Å². The first-order valence-electron chi connectivity index (χ1n) is 7.12. The Labute approximate surface area is 130 Å². The van der Waals surface area contributed by atoms with Gasteiger partial charge in [0.1, 0.15) is 10.6 Å². The van der Waals surface area contributed by atoms with Crippen LogP contribution in [0.3, 0.4) is 0 Å². The summed E-state index contributed by atoms with van der Waals surface area (Å²) in [5, 5.41) is 3.56. The number of amides is 1. The number of carbonyl (C=O) groups is 2. The molecule has 0 bridgehead atoms. The van der Waals surface area contributed by atoms with Gasteiger partial charge in [-0.3, -0.25) is 4.79 Å². The fourth-order valence-corrected chi connectivity index (χ4v) is 2.83. The van der Waals surface area contributed by atoms with E-state index in [1.165, 1.54) is 11.3 Å². The maximum Gasteiger partial charge on any atom is 0.408 e. The molecule has 0 aromatic carbocycles. The summed E-state index contributed by atoms with van der Waals surface area (Å²) in [4.78, 5) is 28.5. The third-order valence-electron chi connectivity index (χ3n) is 2.72. The molecule has 1 atom stereocenters. The molecule has 0 spiro atoms. The van der Waals surface area contributed by atoms with Crippen molar-refractivity contribution in [3.63, 3.8) is 0 Å². The Morgan fingerprint density at radius 3 is 2.48 bits per heavy atom. The normalized spacial score (nSPS) is 13.1. The number of ketones is 1.